The monoisotopic (exact) mass is 298 g/mol. The Balaban J connectivity index is 2.10. The van der Waals surface area contributed by atoms with Crippen molar-refractivity contribution in [3.05, 3.63) is 83.9 Å². The summed E-state index contributed by atoms with van der Waals surface area (Å²) in [5.74, 6) is 0.987. The third-order valence-corrected chi connectivity index (χ3v) is 4.20. The van der Waals surface area contributed by atoms with Gasteiger partial charge in [0.15, 0.2) is 0 Å². The lowest BCUT2D eigenvalue weighted by Gasteiger charge is -2.12. The van der Waals surface area contributed by atoms with Crippen LogP contribution in [0.5, 0.6) is 0 Å². The molecule has 4 rings (SSSR count). The lowest BCUT2D eigenvalue weighted by atomic mass is 10.1. The van der Waals surface area contributed by atoms with Crippen molar-refractivity contribution in [2.45, 2.75) is 13.8 Å². The number of rotatable bonds is 2. The van der Waals surface area contributed by atoms with Gasteiger partial charge in [-0.3, -0.25) is 4.57 Å². The summed E-state index contributed by atoms with van der Waals surface area (Å²) in [7, 11) is 0. The van der Waals surface area contributed by atoms with Gasteiger partial charge in [-0.1, -0.05) is 54.6 Å². The van der Waals surface area contributed by atoms with Crippen LogP contribution in [0.3, 0.4) is 0 Å². The molecule has 0 saturated carbocycles. The first-order chi connectivity index (χ1) is 11.2. The zero-order valence-electron chi connectivity index (χ0n) is 13.3. The van der Waals surface area contributed by atoms with Crippen molar-refractivity contribution in [3.63, 3.8) is 0 Å². The Morgan fingerprint density at radius 2 is 1.52 bits per heavy atom. The van der Waals surface area contributed by atoms with Crippen LogP contribution >= 0.6 is 0 Å². The maximum absolute atomic E-state index is 4.92. The van der Waals surface area contributed by atoms with Crippen LogP contribution < -0.4 is 0 Å². The SMILES string of the molecule is Cc1ccc2c(c1)nc(-c1ccccc1)n2-c1ccccc1C. The Morgan fingerprint density at radius 3 is 2.30 bits per heavy atom. The largest absolute Gasteiger partial charge is 0.292 e. The Kier molecular flexibility index (Phi) is 3.23. The molecular weight excluding hydrogens is 280 g/mol. The van der Waals surface area contributed by atoms with Gasteiger partial charge < -0.3 is 0 Å². The maximum Gasteiger partial charge on any atom is 0.145 e. The second-order valence-electron chi connectivity index (χ2n) is 5.92. The van der Waals surface area contributed by atoms with E-state index in [9.17, 15) is 0 Å². The predicted molar refractivity (Wildman–Crippen MR) is 96.0 cm³/mol. The number of para-hydroxylation sites is 1. The minimum Gasteiger partial charge on any atom is -0.292 e. The Hall–Kier alpha value is -2.87. The Bertz CT molecular complexity index is 981. The molecule has 0 N–H and O–H groups in total. The number of benzene rings is 3. The Labute approximate surface area is 136 Å². The van der Waals surface area contributed by atoms with Crippen molar-refractivity contribution in [2.24, 2.45) is 0 Å². The van der Waals surface area contributed by atoms with Gasteiger partial charge in [-0.25, -0.2) is 4.98 Å². The third kappa shape index (κ3) is 2.33. The van der Waals surface area contributed by atoms with E-state index in [1.165, 1.54) is 16.8 Å². The molecule has 0 fully saturated rings. The summed E-state index contributed by atoms with van der Waals surface area (Å²) >= 11 is 0. The van der Waals surface area contributed by atoms with Gasteiger partial charge in [0, 0.05) is 5.56 Å². The van der Waals surface area contributed by atoms with Crippen LogP contribution in [0, 0.1) is 13.8 Å². The van der Waals surface area contributed by atoms with Crippen LogP contribution in [-0.2, 0) is 0 Å². The fourth-order valence-electron chi connectivity index (χ4n) is 3.03. The van der Waals surface area contributed by atoms with Crippen LogP contribution in [0.2, 0.25) is 0 Å². The van der Waals surface area contributed by atoms with Gasteiger partial charge in [0.1, 0.15) is 5.82 Å². The number of imidazole rings is 1. The van der Waals surface area contributed by atoms with E-state index in [0.717, 1.165) is 22.4 Å². The molecule has 112 valence electrons. The molecule has 23 heavy (non-hydrogen) atoms. The molecule has 1 aromatic heterocycles. The lowest BCUT2D eigenvalue weighted by molar-refractivity contribution is 1.08. The number of aryl methyl sites for hydroxylation is 2. The van der Waals surface area contributed by atoms with Crippen molar-refractivity contribution in [1.82, 2.24) is 9.55 Å². The molecule has 1 heterocycles. The minimum absolute atomic E-state index is 0.987. The van der Waals surface area contributed by atoms with Crippen LogP contribution in [0.15, 0.2) is 72.8 Å². The van der Waals surface area contributed by atoms with Crippen molar-refractivity contribution >= 4 is 11.0 Å². The van der Waals surface area contributed by atoms with Gasteiger partial charge in [-0.05, 0) is 43.2 Å². The molecule has 3 aromatic carbocycles. The molecule has 0 saturated heterocycles. The predicted octanol–water partition coefficient (Wildman–Crippen LogP) is 5.31. The highest BCUT2D eigenvalue weighted by molar-refractivity contribution is 5.84. The van der Waals surface area contributed by atoms with Crippen LogP contribution in [0.1, 0.15) is 11.1 Å². The molecule has 4 aromatic rings. The molecule has 0 radical (unpaired) electrons. The van der Waals surface area contributed by atoms with Crippen LogP contribution in [-0.4, -0.2) is 9.55 Å². The molecule has 0 spiro atoms. The quantitative estimate of drug-likeness (QED) is 0.490. The standard InChI is InChI=1S/C21H18N2/c1-15-12-13-20-18(14-15)22-21(17-9-4-3-5-10-17)23(20)19-11-7-6-8-16(19)2/h3-14H,1-2H3. The topological polar surface area (TPSA) is 17.8 Å². The number of nitrogens with zero attached hydrogens (tertiary/aromatic N) is 2. The zero-order chi connectivity index (χ0) is 15.8. The third-order valence-electron chi connectivity index (χ3n) is 4.20. The van der Waals surface area contributed by atoms with Crippen molar-refractivity contribution in [1.29, 1.82) is 0 Å². The number of fused-ring (bicyclic) bond motifs is 1. The summed E-state index contributed by atoms with van der Waals surface area (Å²) in [6.07, 6.45) is 0. The Morgan fingerprint density at radius 1 is 0.783 bits per heavy atom. The van der Waals surface area contributed by atoms with Crippen LogP contribution in [0.4, 0.5) is 0 Å². The number of hydrogen-bond acceptors (Lipinski definition) is 1. The summed E-state index contributed by atoms with van der Waals surface area (Å²) in [5, 5.41) is 0. The number of hydrogen-bond donors (Lipinski definition) is 0. The average Bonchev–Trinajstić information content (AvgIpc) is 2.94. The fourth-order valence-corrected chi connectivity index (χ4v) is 3.03. The van der Waals surface area contributed by atoms with Gasteiger partial charge in [0.25, 0.3) is 0 Å². The minimum atomic E-state index is 0.987. The normalized spacial score (nSPS) is 11.0. The fraction of sp³-hybridized carbons (Fsp3) is 0.0952. The second kappa shape index (κ2) is 5.40. The van der Waals surface area contributed by atoms with E-state index in [2.05, 4.69) is 85.1 Å². The highest BCUT2D eigenvalue weighted by atomic mass is 15.1. The second-order valence-corrected chi connectivity index (χ2v) is 5.92. The van der Waals surface area contributed by atoms with E-state index < -0.39 is 0 Å². The molecular formula is C21H18N2. The molecule has 0 atom stereocenters. The molecule has 2 heteroatoms. The van der Waals surface area contributed by atoms with Gasteiger partial charge in [0.05, 0.1) is 16.7 Å². The van der Waals surface area contributed by atoms with E-state index in [0.29, 0.717) is 0 Å². The van der Waals surface area contributed by atoms with E-state index in [1.54, 1.807) is 0 Å². The highest BCUT2D eigenvalue weighted by Gasteiger charge is 2.15. The molecule has 0 unspecified atom stereocenters. The smallest absolute Gasteiger partial charge is 0.145 e. The van der Waals surface area contributed by atoms with Gasteiger partial charge >= 0.3 is 0 Å². The van der Waals surface area contributed by atoms with E-state index >= 15 is 0 Å². The molecule has 0 bridgehead atoms. The average molecular weight is 298 g/mol. The van der Waals surface area contributed by atoms with E-state index in [-0.39, 0.29) is 0 Å². The summed E-state index contributed by atoms with van der Waals surface area (Å²) < 4.78 is 2.26. The summed E-state index contributed by atoms with van der Waals surface area (Å²) in [6.45, 7) is 4.25. The molecule has 2 nitrogen and oxygen atoms in total. The first-order valence-corrected chi connectivity index (χ1v) is 7.84. The zero-order valence-corrected chi connectivity index (χ0v) is 13.3. The van der Waals surface area contributed by atoms with Gasteiger partial charge in [-0.15, -0.1) is 0 Å². The molecule has 0 amide bonds. The molecule has 0 aliphatic rings. The first-order valence-electron chi connectivity index (χ1n) is 7.84. The highest BCUT2D eigenvalue weighted by Crippen LogP contribution is 2.30. The van der Waals surface area contributed by atoms with Crippen molar-refractivity contribution in [2.75, 3.05) is 0 Å². The van der Waals surface area contributed by atoms with Crippen molar-refractivity contribution in [3.8, 4) is 17.1 Å². The summed E-state index contributed by atoms with van der Waals surface area (Å²) in [4.78, 5) is 4.92. The lowest BCUT2D eigenvalue weighted by Crippen LogP contribution is -1.99. The summed E-state index contributed by atoms with van der Waals surface area (Å²) in [5.41, 5.74) is 6.95. The van der Waals surface area contributed by atoms with E-state index in [1.807, 2.05) is 6.07 Å². The van der Waals surface area contributed by atoms with E-state index in [4.69, 9.17) is 4.98 Å². The molecule has 0 aliphatic heterocycles. The first kappa shape index (κ1) is 13.8. The van der Waals surface area contributed by atoms with Gasteiger partial charge in [-0.2, -0.15) is 0 Å². The van der Waals surface area contributed by atoms with Gasteiger partial charge in [0.2, 0.25) is 0 Å². The molecule has 0 aliphatic carbocycles. The van der Waals surface area contributed by atoms with Crippen molar-refractivity contribution < 1.29 is 0 Å². The van der Waals surface area contributed by atoms with Crippen LogP contribution in [0.25, 0.3) is 28.1 Å². The maximum atomic E-state index is 4.92. The summed E-state index contributed by atoms with van der Waals surface area (Å²) in [6, 6.07) is 25.3. The number of aromatic nitrogens is 2.